The summed E-state index contributed by atoms with van der Waals surface area (Å²) in [7, 11) is 0. The minimum atomic E-state index is -0.791. The molecule has 1 nitrogen and oxygen atoms in total. The summed E-state index contributed by atoms with van der Waals surface area (Å²) in [6, 6.07) is 14.5. The van der Waals surface area contributed by atoms with Crippen molar-refractivity contribution in [2.45, 2.75) is 13.0 Å². The fourth-order valence-corrected chi connectivity index (χ4v) is 2.65. The van der Waals surface area contributed by atoms with Gasteiger partial charge in [-0.15, -0.1) is 0 Å². The highest BCUT2D eigenvalue weighted by molar-refractivity contribution is 5.66. The predicted octanol–water partition coefficient (Wildman–Crippen LogP) is 4.25. The van der Waals surface area contributed by atoms with Gasteiger partial charge in [0.2, 0.25) is 0 Å². The molecule has 1 aliphatic heterocycles. The van der Waals surface area contributed by atoms with E-state index in [0.717, 1.165) is 37.2 Å². The normalized spacial score (nSPS) is 15.8. The third-order valence-electron chi connectivity index (χ3n) is 3.83. The van der Waals surface area contributed by atoms with E-state index in [1.165, 1.54) is 17.7 Å². The summed E-state index contributed by atoms with van der Waals surface area (Å²) < 4.78 is 26.3. The molecule has 2 aromatic rings. The second-order valence-corrected chi connectivity index (χ2v) is 5.33. The molecule has 3 rings (SSSR count). The van der Waals surface area contributed by atoms with Crippen molar-refractivity contribution in [3.63, 3.8) is 0 Å². The van der Waals surface area contributed by atoms with Crippen LogP contribution in [0.3, 0.4) is 0 Å². The zero-order chi connectivity index (χ0) is 14.7. The first kappa shape index (κ1) is 14.0. The van der Waals surface area contributed by atoms with Crippen LogP contribution in [0.15, 0.2) is 54.6 Å². The Kier molecular flexibility index (Phi) is 4.11. The van der Waals surface area contributed by atoms with Crippen LogP contribution < -0.4 is 0 Å². The fraction of sp³-hybridized carbons (Fsp3) is 0.222. The van der Waals surface area contributed by atoms with Crippen LogP contribution in [-0.4, -0.2) is 18.0 Å². The maximum Gasteiger partial charge on any atom is 0.159 e. The number of hydrogen-bond acceptors (Lipinski definition) is 1. The van der Waals surface area contributed by atoms with E-state index < -0.39 is 11.6 Å². The van der Waals surface area contributed by atoms with Gasteiger partial charge in [-0.25, -0.2) is 8.78 Å². The van der Waals surface area contributed by atoms with Gasteiger partial charge in [0.15, 0.2) is 11.6 Å². The molecule has 0 fully saturated rings. The quantitative estimate of drug-likeness (QED) is 0.814. The Labute approximate surface area is 123 Å². The summed E-state index contributed by atoms with van der Waals surface area (Å²) in [5, 5.41) is 0. The molecule has 0 radical (unpaired) electrons. The zero-order valence-corrected chi connectivity index (χ0v) is 11.7. The Bertz CT molecular complexity index is 650. The van der Waals surface area contributed by atoms with Crippen molar-refractivity contribution in [2.24, 2.45) is 0 Å². The highest BCUT2D eigenvalue weighted by Gasteiger charge is 2.14. The van der Waals surface area contributed by atoms with Gasteiger partial charge in [-0.1, -0.05) is 42.5 Å². The molecule has 0 N–H and O–H groups in total. The molecule has 1 aliphatic rings. The van der Waals surface area contributed by atoms with Gasteiger partial charge in [0.25, 0.3) is 0 Å². The molecule has 108 valence electrons. The molecule has 0 aliphatic carbocycles. The molecule has 21 heavy (non-hydrogen) atoms. The van der Waals surface area contributed by atoms with Gasteiger partial charge in [0.05, 0.1) is 0 Å². The van der Waals surface area contributed by atoms with Crippen LogP contribution in [0.1, 0.15) is 17.5 Å². The molecule has 0 saturated heterocycles. The second kappa shape index (κ2) is 6.19. The third-order valence-corrected chi connectivity index (χ3v) is 3.83. The smallest absolute Gasteiger partial charge is 0.159 e. The van der Waals surface area contributed by atoms with E-state index in [1.54, 1.807) is 6.07 Å². The third kappa shape index (κ3) is 3.37. The summed E-state index contributed by atoms with van der Waals surface area (Å²) in [4.78, 5) is 2.35. The molecular weight excluding hydrogens is 268 g/mol. The standard InChI is InChI=1S/C18H17F2N/c19-17-7-6-16(12-18(17)20)15-8-10-21(11-9-15)13-14-4-2-1-3-5-14/h1-8,12H,9-11,13H2. The molecule has 0 spiro atoms. The van der Waals surface area contributed by atoms with Gasteiger partial charge < -0.3 is 0 Å². The van der Waals surface area contributed by atoms with Gasteiger partial charge >= 0.3 is 0 Å². The van der Waals surface area contributed by atoms with Crippen molar-refractivity contribution in [1.82, 2.24) is 4.90 Å². The van der Waals surface area contributed by atoms with Crippen LogP contribution >= 0.6 is 0 Å². The molecule has 0 atom stereocenters. The van der Waals surface area contributed by atoms with Crippen LogP contribution in [0.2, 0.25) is 0 Å². The predicted molar refractivity (Wildman–Crippen MR) is 80.7 cm³/mol. The van der Waals surface area contributed by atoms with E-state index >= 15 is 0 Å². The SMILES string of the molecule is Fc1ccc(C2=CCN(Cc3ccccc3)CC2)cc1F. The highest BCUT2D eigenvalue weighted by Crippen LogP contribution is 2.24. The Balaban J connectivity index is 1.67. The number of halogens is 2. The van der Waals surface area contributed by atoms with Gasteiger partial charge in [0.1, 0.15) is 0 Å². The number of nitrogens with zero attached hydrogens (tertiary/aromatic N) is 1. The maximum absolute atomic E-state index is 13.3. The van der Waals surface area contributed by atoms with Crippen molar-refractivity contribution in [3.8, 4) is 0 Å². The summed E-state index contributed by atoms with van der Waals surface area (Å²) in [5.74, 6) is -1.57. The van der Waals surface area contributed by atoms with Gasteiger partial charge in [-0.2, -0.15) is 0 Å². The first-order chi connectivity index (χ1) is 10.2. The second-order valence-electron chi connectivity index (χ2n) is 5.33. The first-order valence-electron chi connectivity index (χ1n) is 7.13. The van der Waals surface area contributed by atoms with E-state index in [2.05, 4.69) is 23.1 Å². The Morgan fingerprint density at radius 3 is 2.43 bits per heavy atom. The molecule has 1 heterocycles. The molecular formula is C18H17F2N. The minimum absolute atomic E-state index is 0.778. The molecule has 0 amide bonds. The average Bonchev–Trinajstić information content (AvgIpc) is 2.52. The molecule has 2 aromatic carbocycles. The Hall–Kier alpha value is -2.00. The largest absolute Gasteiger partial charge is 0.295 e. The summed E-state index contributed by atoms with van der Waals surface area (Å²) in [6.07, 6.45) is 2.97. The monoisotopic (exact) mass is 285 g/mol. The van der Waals surface area contributed by atoms with E-state index in [-0.39, 0.29) is 0 Å². The number of hydrogen-bond donors (Lipinski definition) is 0. The van der Waals surface area contributed by atoms with Crippen molar-refractivity contribution < 1.29 is 8.78 Å². The molecule has 0 unspecified atom stereocenters. The number of rotatable bonds is 3. The molecule has 3 heteroatoms. The van der Waals surface area contributed by atoms with Crippen LogP contribution in [-0.2, 0) is 6.54 Å². The lowest BCUT2D eigenvalue weighted by molar-refractivity contribution is 0.294. The summed E-state index contributed by atoms with van der Waals surface area (Å²) in [5.41, 5.74) is 3.17. The maximum atomic E-state index is 13.3. The fourth-order valence-electron chi connectivity index (χ4n) is 2.65. The molecule has 0 aromatic heterocycles. The zero-order valence-electron chi connectivity index (χ0n) is 11.7. The van der Waals surface area contributed by atoms with Crippen molar-refractivity contribution in [3.05, 3.63) is 77.4 Å². The van der Waals surface area contributed by atoms with Gasteiger partial charge in [0, 0.05) is 19.6 Å². The Morgan fingerprint density at radius 1 is 0.952 bits per heavy atom. The van der Waals surface area contributed by atoms with E-state index in [0.29, 0.717) is 0 Å². The topological polar surface area (TPSA) is 3.24 Å². The molecule has 0 bridgehead atoms. The number of benzene rings is 2. The highest BCUT2D eigenvalue weighted by atomic mass is 19.2. The van der Waals surface area contributed by atoms with Crippen LogP contribution in [0.25, 0.3) is 5.57 Å². The van der Waals surface area contributed by atoms with Gasteiger partial charge in [-0.05, 0) is 35.3 Å². The lowest BCUT2D eigenvalue weighted by Gasteiger charge is -2.26. The minimum Gasteiger partial charge on any atom is -0.295 e. The van der Waals surface area contributed by atoms with Crippen LogP contribution in [0.5, 0.6) is 0 Å². The molecule has 0 saturated carbocycles. The van der Waals surface area contributed by atoms with Crippen molar-refractivity contribution in [1.29, 1.82) is 0 Å². The van der Waals surface area contributed by atoms with E-state index in [4.69, 9.17) is 0 Å². The Morgan fingerprint density at radius 2 is 1.76 bits per heavy atom. The van der Waals surface area contributed by atoms with Crippen LogP contribution in [0.4, 0.5) is 8.78 Å². The van der Waals surface area contributed by atoms with E-state index in [1.807, 2.05) is 18.2 Å². The summed E-state index contributed by atoms with van der Waals surface area (Å²) >= 11 is 0. The van der Waals surface area contributed by atoms with Crippen molar-refractivity contribution >= 4 is 5.57 Å². The average molecular weight is 285 g/mol. The van der Waals surface area contributed by atoms with Crippen molar-refractivity contribution in [2.75, 3.05) is 13.1 Å². The van der Waals surface area contributed by atoms with Crippen LogP contribution in [0, 0.1) is 11.6 Å². The lowest BCUT2D eigenvalue weighted by Crippen LogP contribution is -2.28. The lowest BCUT2D eigenvalue weighted by atomic mass is 9.99. The van der Waals surface area contributed by atoms with E-state index in [9.17, 15) is 8.78 Å². The summed E-state index contributed by atoms with van der Waals surface area (Å²) in [6.45, 7) is 2.69. The first-order valence-corrected chi connectivity index (χ1v) is 7.13. The van der Waals surface area contributed by atoms with Gasteiger partial charge in [-0.3, -0.25) is 4.90 Å².